The summed E-state index contributed by atoms with van der Waals surface area (Å²) in [5, 5.41) is 13.1. The molecule has 0 saturated carbocycles. The minimum atomic E-state index is -4.43. The van der Waals surface area contributed by atoms with Crippen molar-refractivity contribution < 1.29 is 23.1 Å². The first-order valence-corrected chi connectivity index (χ1v) is 7.54. The highest BCUT2D eigenvalue weighted by Crippen LogP contribution is 2.29. The van der Waals surface area contributed by atoms with Gasteiger partial charge in [-0.05, 0) is 48.4 Å². The monoisotopic (exact) mass is 357 g/mol. The van der Waals surface area contributed by atoms with Crippen LogP contribution in [0.25, 0.3) is 0 Å². The first-order valence-electron chi connectivity index (χ1n) is 7.16. The van der Waals surface area contributed by atoms with Gasteiger partial charge in [-0.3, -0.25) is 4.79 Å². The van der Waals surface area contributed by atoms with Crippen molar-refractivity contribution in [1.82, 2.24) is 5.32 Å². The largest absolute Gasteiger partial charge is 0.416 e. The maximum Gasteiger partial charge on any atom is 0.416 e. The van der Waals surface area contributed by atoms with Gasteiger partial charge in [-0.1, -0.05) is 23.7 Å². The Morgan fingerprint density at radius 2 is 1.83 bits per heavy atom. The molecule has 7 heteroatoms. The number of rotatable bonds is 5. The lowest BCUT2D eigenvalue weighted by molar-refractivity contribution is -0.137. The molecule has 0 unspecified atom stereocenters. The fraction of sp³-hybridized carbons (Fsp3) is 0.235. The average Bonchev–Trinajstić information content (AvgIpc) is 2.54. The molecule has 0 fully saturated rings. The number of carbonyl (C=O) groups is 1. The summed E-state index contributed by atoms with van der Waals surface area (Å²) < 4.78 is 37.4. The molecule has 0 aliphatic heterocycles. The van der Waals surface area contributed by atoms with E-state index in [0.717, 1.165) is 24.3 Å². The lowest BCUT2D eigenvalue weighted by Crippen LogP contribution is -2.25. The minimum Gasteiger partial charge on any atom is -0.388 e. The maximum atomic E-state index is 12.5. The summed E-state index contributed by atoms with van der Waals surface area (Å²) in [6, 6.07) is 10.7. The van der Waals surface area contributed by atoms with Crippen LogP contribution in [0.4, 0.5) is 13.2 Å². The predicted octanol–water partition coefficient (Wildman–Crippen LogP) is 4.21. The van der Waals surface area contributed by atoms with Crippen LogP contribution in [0.3, 0.4) is 0 Å². The summed E-state index contributed by atoms with van der Waals surface area (Å²) in [5.74, 6) is -0.498. The van der Waals surface area contributed by atoms with Crippen LogP contribution < -0.4 is 5.32 Å². The summed E-state index contributed by atoms with van der Waals surface area (Å²) in [5.41, 5.74) is -0.0537. The van der Waals surface area contributed by atoms with Crippen LogP contribution in [0.2, 0.25) is 5.02 Å². The molecule has 0 spiro atoms. The SMILES string of the molecule is O=C(NCC[C@H](O)c1cccc(Cl)c1)c1ccc(C(F)(F)F)cc1. The molecule has 0 heterocycles. The van der Waals surface area contributed by atoms with E-state index in [9.17, 15) is 23.1 Å². The molecule has 0 aliphatic rings. The number of hydrogen-bond donors (Lipinski definition) is 2. The molecule has 3 nitrogen and oxygen atoms in total. The maximum absolute atomic E-state index is 12.5. The number of benzene rings is 2. The Bertz CT molecular complexity index is 702. The smallest absolute Gasteiger partial charge is 0.388 e. The van der Waals surface area contributed by atoms with Crippen molar-refractivity contribution >= 4 is 17.5 Å². The molecule has 0 radical (unpaired) electrons. The van der Waals surface area contributed by atoms with E-state index in [1.54, 1.807) is 24.3 Å². The van der Waals surface area contributed by atoms with Crippen molar-refractivity contribution in [3.8, 4) is 0 Å². The summed E-state index contributed by atoms with van der Waals surface area (Å²) in [4.78, 5) is 11.9. The van der Waals surface area contributed by atoms with E-state index in [2.05, 4.69) is 5.32 Å². The first kappa shape index (κ1) is 18.3. The molecule has 24 heavy (non-hydrogen) atoms. The zero-order valence-corrected chi connectivity index (χ0v) is 13.2. The van der Waals surface area contributed by atoms with Gasteiger partial charge >= 0.3 is 6.18 Å². The second-order valence-corrected chi connectivity index (χ2v) is 5.63. The van der Waals surface area contributed by atoms with Gasteiger partial charge in [-0.2, -0.15) is 13.2 Å². The number of hydrogen-bond acceptors (Lipinski definition) is 2. The van der Waals surface area contributed by atoms with E-state index < -0.39 is 23.8 Å². The van der Waals surface area contributed by atoms with Gasteiger partial charge in [0.05, 0.1) is 11.7 Å². The minimum absolute atomic E-state index is 0.125. The Morgan fingerprint density at radius 3 is 2.42 bits per heavy atom. The van der Waals surface area contributed by atoms with E-state index in [4.69, 9.17) is 11.6 Å². The third-order valence-electron chi connectivity index (χ3n) is 3.41. The topological polar surface area (TPSA) is 49.3 Å². The van der Waals surface area contributed by atoms with E-state index in [1.807, 2.05) is 0 Å². The highest BCUT2D eigenvalue weighted by atomic mass is 35.5. The summed E-state index contributed by atoms with van der Waals surface area (Å²) in [7, 11) is 0. The number of aliphatic hydroxyl groups excluding tert-OH is 1. The van der Waals surface area contributed by atoms with Crippen LogP contribution in [0.1, 0.15) is 34.0 Å². The molecule has 2 aromatic carbocycles. The van der Waals surface area contributed by atoms with Crippen LogP contribution in [-0.2, 0) is 6.18 Å². The Balaban J connectivity index is 1.87. The van der Waals surface area contributed by atoms with Crippen molar-refractivity contribution in [2.75, 3.05) is 6.54 Å². The zero-order chi connectivity index (χ0) is 17.7. The lowest BCUT2D eigenvalue weighted by Gasteiger charge is -2.12. The molecule has 0 aliphatic carbocycles. The highest BCUT2D eigenvalue weighted by Gasteiger charge is 2.30. The van der Waals surface area contributed by atoms with E-state index in [-0.39, 0.29) is 18.5 Å². The van der Waals surface area contributed by atoms with Gasteiger partial charge in [0.1, 0.15) is 0 Å². The van der Waals surface area contributed by atoms with E-state index in [1.165, 1.54) is 0 Å². The Hall–Kier alpha value is -2.05. The second kappa shape index (κ2) is 7.68. The van der Waals surface area contributed by atoms with Gasteiger partial charge < -0.3 is 10.4 Å². The first-order chi connectivity index (χ1) is 11.3. The third-order valence-corrected chi connectivity index (χ3v) is 3.65. The van der Waals surface area contributed by atoms with Crippen molar-refractivity contribution in [3.63, 3.8) is 0 Å². The molecule has 128 valence electrons. The Morgan fingerprint density at radius 1 is 1.17 bits per heavy atom. The predicted molar refractivity (Wildman–Crippen MR) is 84.8 cm³/mol. The van der Waals surface area contributed by atoms with Gasteiger partial charge in [0, 0.05) is 17.1 Å². The van der Waals surface area contributed by atoms with Crippen LogP contribution in [0, 0.1) is 0 Å². The number of halogens is 4. The number of alkyl halides is 3. The molecule has 1 atom stereocenters. The lowest BCUT2D eigenvalue weighted by atomic mass is 10.1. The van der Waals surface area contributed by atoms with Gasteiger partial charge in [-0.25, -0.2) is 0 Å². The third kappa shape index (κ3) is 4.97. The highest BCUT2D eigenvalue weighted by molar-refractivity contribution is 6.30. The summed E-state index contributed by atoms with van der Waals surface area (Å²) >= 11 is 5.84. The van der Waals surface area contributed by atoms with Gasteiger partial charge in [0.15, 0.2) is 0 Å². The summed E-state index contributed by atoms with van der Waals surface area (Å²) in [6.07, 6.45) is -4.97. The van der Waals surface area contributed by atoms with Gasteiger partial charge in [0.2, 0.25) is 0 Å². The molecule has 1 amide bonds. The molecule has 2 aromatic rings. The number of nitrogens with one attached hydrogen (secondary N) is 1. The fourth-order valence-electron chi connectivity index (χ4n) is 2.12. The standard InChI is InChI=1S/C17H15ClF3NO2/c18-14-3-1-2-12(10-14)15(23)8-9-22-16(24)11-4-6-13(7-5-11)17(19,20)21/h1-7,10,15,23H,8-9H2,(H,22,24)/t15-/m0/s1. The molecule has 0 saturated heterocycles. The normalized spacial score (nSPS) is 12.7. The van der Waals surface area contributed by atoms with Crippen LogP contribution in [-0.4, -0.2) is 17.6 Å². The molecular formula is C17H15ClF3NO2. The molecule has 2 N–H and O–H groups in total. The fourth-order valence-corrected chi connectivity index (χ4v) is 2.31. The Kier molecular flexibility index (Phi) is 5.85. The Labute approximate surface area is 142 Å². The molecular weight excluding hydrogens is 343 g/mol. The molecule has 0 bridgehead atoms. The zero-order valence-electron chi connectivity index (χ0n) is 12.5. The number of amides is 1. The molecule has 2 rings (SSSR count). The van der Waals surface area contributed by atoms with Gasteiger partial charge in [-0.15, -0.1) is 0 Å². The second-order valence-electron chi connectivity index (χ2n) is 5.19. The van der Waals surface area contributed by atoms with Gasteiger partial charge in [0.25, 0.3) is 5.91 Å². The van der Waals surface area contributed by atoms with Crippen molar-refractivity contribution in [1.29, 1.82) is 0 Å². The van der Waals surface area contributed by atoms with Crippen molar-refractivity contribution in [2.24, 2.45) is 0 Å². The van der Waals surface area contributed by atoms with Crippen molar-refractivity contribution in [3.05, 3.63) is 70.2 Å². The summed E-state index contributed by atoms with van der Waals surface area (Å²) in [6.45, 7) is 0.174. The van der Waals surface area contributed by atoms with Crippen LogP contribution in [0.5, 0.6) is 0 Å². The van der Waals surface area contributed by atoms with Crippen LogP contribution in [0.15, 0.2) is 48.5 Å². The average molecular weight is 358 g/mol. The quantitative estimate of drug-likeness (QED) is 0.842. The van der Waals surface area contributed by atoms with Crippen molar-refractivity contribution in [2.45, 2.75) is 18.7 Å². The molecule has 0 aromatic heterocycles. The van der Waals surface area contributed by atoms with E-state index in [0.29, 0.717) is 10.6 Å². The number of aliphatic hydroxyl groups is 1. The van der Waals surface area contributed by atoms with Crippen LogP contribution >= 0.6 is 11.6 Å². The number of carbonyl (C=O) groups excluding carboxylic acids is 1. The van der Waals surface area contributed by atoms with E-state index >= 15 is 0 Å².